The van der Waals surface area contributed by atoms with Crippen molar-refractivity contribution in [1.29, 1.82) is 0 Å². The van der Waals surface area contributed by atoms with E-state index >= 15 is 0 Å². The number of carboxylic acid groups (broad SMARTS) is 1. The minimum absolute atomic E-state index is 0.0590. The lowest BCUT2D eigenvalue weighted by Gasteiger charge is -2.02. The lowest BCUT2D eigenvalue weighted by Crippen LogP contribution is -2.23. The number of aryl methyl sites for hydroxylation is 1. The van der Waals surface area contributed by atoms with E-state index in [0.29, 0.717) is 6.54 Å². The average molecular weight is 184 g/mol. The molecule has 1 heterocycles. The number of carboxylic acids is 1. The number of hydrogen-bond donors (Lipinski definition) is 2. The van der Waals surface area contributed by atoms with Crippen molar-refractivity contribution in [2.45, 2.75) is 20.0 Å². The zero-order valence-electron chi connectivity index (χ0n) is 7.40. The van der Waals surface area contributed by atoms with Crippen molar-refractivity contribution in [3.8, 4) is 0 Å². The number of nitrogens with zero attached hydrogens (tertiary/aromatic N) is 3. The SMILES string of the molecule is CCn1ncnc1CNCC(=O)O. The van der Waals surface area contributed by atoms with Crippen LogP contribution in [0.2, 0.25) is 0 Å². The van der Waals surface area contributed by atoms with Crippen LogP contribution in [0.25, 0.3) is 0 Å². The molecule has 0 unspecified atom stereocenters. The van der Waals surface area contributed by atoms with Crippen LogP contribution in [0.5, 0.6) is 0 Å². The Hall–Kier alpha value is -1.43. The van der Waals surface area contributed by atoms with E-state index in [4.69, 9.17) is 5.11 Å². The highest BCUT2D eigenvalue weighted by atomic mass is 16.4. The van der Waals surface area contributed by atoms with Crippen LogP contribution in [-0.2, 0) is 17.9 Å². The van der Waals surface area contributed by atoms with E-state index in [1.165, 1.54) is 6.33 Å². The van der Waals surface area contributed by atoms with Gasteiger partial charge in [-0.05, 0) is 6.92 Å². The summed E-state index contributed by atoms with van der Waals surface area (Å²) in [7, 11) is 0. The molecule has 0 bridgehead atoms. The lowest BCUT2D eigenvalue weighted by molar-refractivity contribution is -0.136. The Kier molecular flexibility index (Phi) is 3.39. The minimum Gasteiger partial charge on any atom is -0.480 e. The first kappa shape index (κ1) is 9.66. The van der Waals surface area contributed by atoms with E-state index < -0.39 is 5.97 Å². The highest BCUT2D eigenvalue weighted by molar-refractivity contribution is 5.68. The number of aromatic nitrogens is 3. The molecule has 0 amide bonds. The van der Waals surface area contributed by atoms with Crippen molar-refractivity contribution in [2.75, 3.05) is 6.54 Å². The summed E-state index contributed by atoms with van der Waals surface area (Å²) < 4.78 is 1.72. The quantitative estimate of drug-likeness (QED) is 0.643. The second kappa shape index (κ2) is 4.56. The molecule has 0 aliphatic heterocycles. The largest absolute Gasteiger partial charge is 0.480 e. The molecule has 0 fully saturated rings. The third kappa shape index (κ3) is 2.83. The fraction of sp³-hybridized carbons (Fsp3) is 0.571. The van der Waals surface area contributed by atoms with Crippen LogP contribution in [0.15, 0.2) is 6.33 Å². The summed E-state index contributed by atoms with van der Waals surface area (Å²) >= 11 is 0. The van der Waals surface area contributed by atoms with Gasteiger partial charge in [0.15, 0.2) is 0 Å². The van der Waals surface area contributed by atoms with E-state index in [0.717, 1.165) is 12.4 Å². The van der Waals surface area contributed by atoms with Crippen LogP contribution in [0.3, 0.4) is 0 Å². The number of carbonyl (C=O) groups is 1. The fourth-order valence-electron chi connectivity index (χ4n) is 0.970. The first-order chi connectivity index (χ1) is 6.24. The number of nitrogens with one attached hydrogen (secondary N) is 1. The Balaban J connectivity index is 2.40. The van der Waals surface area contributed by atoms with Crippen LogP contribution >= 0.6 is 0 Å². The predicted molar refractivity (Wildman–Crippen MR) is 45.0 cm³/mol. The summed E-state index contributed by atoms with van der Waals surface area (Å²) in [5.74, 6) is -0.119. The Morgan fingerprint density at radius 3 is 3.15 bits per heavy atom. The molecule has 0 spiro atoms. The minimum atomic E-state index is -0.873. The van der Waals surface area contributed by atoms with Gasteiger partial charge in [0.1, 0.15) is 12.2 Å². The average Bonchev–Trinajstić information content (AvgIpc) is 2.51. The highest BCUT2D eigenvalue weighted by Crippen LogP contribution is 1.91. The van der Waals surface area contributed by atoms with Crippen molar-refractivity contribution >= 4 is 5.97 Å². The summed E-state index contributed by atoms with van der Waals surface area (Å²) in [5.41, 5.74) is 0. The van der Waals surface area contributed by atoms with Crippen molar-refractivity contribution in [1.82, 2.24) is 20.1 Å². The van der Waals surface area contributed by atoms with Gasteiger partial charge in [-0.1, -0.05) is 0 Å². The molecule has 1 aromatic heterocycles. The summed E-state index contributed by atoms with van der Waals surface area (Å²) in [6.07, 6.45) is 1.46. The van der Waals surface area contributed by atoms with Gasteiger partial charge in [-0.25, -0.2) is 9.67 Å². The normalized spacial score (nSPS) is 10.2. The Bertz CT molecular complexity index is 284. The maximum Gasteiger partial charge on any atom is 0.317 e. The molecule has 6 nitrogen and oxygen atoms in total. The van der Waals surface area contributed by atoms with Crippen molar-refractivity contribution in [2.24, 2.45) is 0 Å². The Labute approximate surface area is 75.6 Å². The summed E-state index contributed by atoms with van der Waals surface area (Å²) in [6, 6.07) is 0. The topological polar surface area (TPSA) is 80.0 Å². The summed E-state index contributed by atoms with van der Waals surface area (Å²) in [6.45, 7) is 3.07. The lowest BCUT2D eigenvalue weighted by atomic mass is 10.5. The maximum atomic E-state index is 10.2. The molecule has 1 rings (SSSR count). The van der Waals surface area contributed by atoms with Crippen LogP contribution in [0.4, 0.5) is 0 Å². The molecule has 0 atom stereocenters. The fourth-order valence-corrected chi connectivity index (χ4v) is 0.970. The van der Waals surface area contributed by atoms with Crippen LogP contribution in [-0.4, -0.2) is 32.4 Å². The molecule has 2 N–H and O–H groups in total. The second-order valence-corrected chi connectivity index (χ2v) is 2.49. The molecule has 0 aromatic carbocycles. The second-order valence-electron chi connectivity index (χ2n) is 2.49. The molecule has 0 saturated heterocycles. The third-order valence-electron chi connectivity index (χ3n) is 1.55. The number of aliphatic carboxylic acids is 1. The number of rotatable bonds is 5. The van der Waals surface area contributed by atoms with Gasteiger partial charge in [-0.3, -0.25) is 10.1 Å². The van der Waals surface area contributed by atoms with Crippen LogP contribution in [0, 0.1) is 0 Å². The van der Waals surface area contributed by atoms with Gasteiger partial charge in [0.05, 0.1) is 13.1 Å². The predicted octanol–water partition coefficient (Wildman–Crippen LogP) is -0.528. The van der Waals surface area contributed by atoms with Crippen LogP contribution in [0.1, 0.15) is 12.7 Å². The van der Waals surface area contributed by atoms with Crippen molar-refractivity contribution in [3.05, 3.63) is 12.2 Å². The van der Waals surface area contributed by atoms with E-state index in [-0.39, 0.29) is 6.54 Å². The zero-order valence-corrected chi connectivity index (χ0v) is 7.40. The van der Waals surface area contributed by atoms with Gasteiger partial charge in [0.2, 0.25) is 0 Å². The molecule has 72 valence electrons. The van der Waals surface area contributed by atoms with Gasteiger partial charge in [-0.15, -0.1) is 0 Å². The smallest absolute Gasteiger partial charge is 0.317 e. The highest BCUT2D eigenvalue weighted by Gasteiger charge is 2.02. The Morgan fingerprint density at radius 2 is 2.54 bits per heavy atom. The van der Waals surface area contributed by atoms with Gasteiger partial charge in [-0.2, -0.15) is 5.10 Å². The molecule has 6 heteroatoms. The maximum absolute atomic E-state index is 10.2. The first-order valence-electron chi connectivity index (χ1n) is 4.03. The van der Waals surface area contributed by atoms with E-state index in [1.807, 2.05) is 6.92 Å². The molecule has 0 radical (unpaired) electrons. The van der Waals surface area contributed by atoms with Crippen molar-refractivity contribution in [3.63, 3.8) is 0 Å². The van der Waals surface area contributed by atoms with E-state index in [1.54, 1.807) is 4.68 Å². The molecular formula is C7H12N4O2. The third-order valence-corrected chi connectivity index (χ3v) is 1.55. The summed E-state index contributed by atoms with van der Waals surface area (Å²) in [5, 5.41) is 15.1. The van der Waals surface area contributed by atoms with Crippen LogP contribution < -0.4 is 5.32 Å². The molecule has 0 aliphatic carbocycles. The van der Waals surface area contributed by atoms with Crippen molar-refractivity contribution < 1.29 is 9.90 Å². The molecule has 13 heavy (non-hydrogen) atoms. The molecule has 0 aliphatic rings. The standard InChI is InChI=1S/C7H12N4O2/c1-2-11-6(9-5-10-11)3-8-4-7(12)13/h5,8H,2-4H2,1H3,(H,12,13). The zero-order chi connectivity index (χ0) is 9.68. The van der Waals surface area contributed by atoms with Gasteiger partial charge < -0.3 is 5.11 Å². The van der Waals surface area contributed by atoms with E-state index in [2.05, 4.69) is 15.4 Å². The molecular weight excluding hydrogens is 172 g/mol. The monoisotopic (exact) mass is 184 g/mol. The van der Waals surface area contributed by atoms with Gasteiger partial charge >= 0.3 is 5.97 Å². The first-order valence-corrected chi connectivity index (χ1v) is 4.03. The van der Waals surface area contributed by atoms with Gasteiger partial charge in [0, 0.05) is 6.54 Å². The number of hydrogen-bond acceptors (Lipinski definition) is 4. The molecule has 1 aromatic rings. The Morgan fingerprint density at radius 1 is 1.77 bits per heavy atom. The van der Waals surface area contributed by atoms with Gasteiger partial charge in [0.25, 0.3) is 0 Å². The summed E-state index contributed by atoms with van der Waals surface area (Å²) in [4.78, 5) is 14.2. The van der Waals surface area contributed by atoms with E-state index in [9.17, 15) is 4.79 Å². The molecule has 0 saturated carbocycles.